The maximum Gasteiger partial charge on any atom is 0.226 e. The third-order valence-corrected chi connectivity index (χ3v) is 5.08. The van der Waals surface area contributed by atoms with E-state index < -0.39 is 6.10 Å². The van der Waals surface area contributed by atoms with Crippen molar-refractivity contribution in [2.45, 2.75) is 25.4 Å². The number of carbonyl (C=O) groups is 2. The number of oxazole rings is 1. The van der Waals surface area contributed by atoms with Crippen molar-refractivity contribution >= 4 is 11.7 Å². The van der Waals surface area contributed by atoms with Gasteiger partial charge in [0.1, 0.15) is 23.8 Å². The lowest BCUT2D eigenvalue weighted by Crippen LogP contribution is -2.13. The average molecular weight is 441 g/mol. The molecule has 0 aliphatic carbocycles. The molecule has 4 aromatic rings. The second kappa shape index (κ2) is 10.4. The highest BCUT2D eigenvalue weighted by Gasteiger charge is 2.20. The van der Waals surface area contributed by atoms with E-state index in [-0.39, 0.29) is 18.1 Å². The number of carbonyl (C=O) groups excluding carboxylic acids is 2. The molecule has 4 rings (SSSR count). The fourth-order valence-electron chi connectivity index (χ4n) is 3.39. The van der Waals surface area contributed by atoms with Gasteiger partial charge < -0.3 is 14.9 Å². The number of primary amides is 1. The van der Waals surface area contributed by atoms with Crippen molar-refractivity contribution in [2.75, 3.05) is 0 Å². The van der Waals surface area contributed by atoms with Crippen LogP contribution in [0, 0.1) is 0 Å². The van der Waals surface area contributed by atoms with Crippen LogP contribution in [0.4, 0.5) is 0 Å². The summed E-state index contributed by atoms with van der Waals surface area (Å²) in [5, 5.41) is 0. The molecule has 0 aliphatic rings. The van der Waals surface area contributed by atoms with Crippen molar-refractivity contribution in [2.24, 2.45) is 5.73 Å². The Morgan fingerprint density at radius 3 is 2.45 bits per heavy atom. The minimum absolute atomic E-state index is 0.103. The summed E-state index contributed by atoms with van der Waals surface area (Å²) in [4.78, 5) is 32.3. The van der Waals surface area contributed by atoms with Crippen molar-refractivity contribution in [3.63, 3.8) is 0 Å². The molecule has 2 aromatic heterocycles. The fraction of sp³-hybridized carbons (Fsp3) is 0.154. The summed E-state index contributed by atoms with van der Waals surface area (Å²) in [6.45, 7) is 0. The van der Waals surface area contributed by atoms with E-state index in [1.807, 2.05) is 30.3 Å². The minimum atomic E-state index is -0.393. The number of hydrogen-bond donors (Lipinski definition) is 1. The van der Waals surface area contributed by atoms with Crippen LogP contribution in [0.3, 0.4) is 0 Å². The molecule has 7 heteroatoms. The molecule has 0 radical (unpaired) electrons. The summed E-state index contributed by atoms with van der Waals surface area (Å²) in [7, 11) is 0. The van der Waals surface area contributed by atoms with E-state index in [0.29, 0.717) is 41.3 Å². The van der Waals surface area contributed by atoms with Crippen LogP contribution in [-0.4, -0.2) is 21.7 Å². The normalized spacial score (nSPS) is 11.6. The zero-order chi connectivity index (χ0) is 23.0. The van der Waals surface area contributed by atoms with Crippen LogP contribution in [0.5, 0.6) is 5.75 Å². The van der Waals surface area contributed by atoms with E-state index in [1.165, 1.54) is 0 Å². The molecular weight excluding hydrogens is 418 g/mol. The molecule has 2 N–H and O–H groups in total. The standard InChI is InChI=1S/C26H23N3O4/c27-24(30)10-4-9-23(33-21-7-2-1-3-8-21)22-17-32-26(29-22)19-13-11-18(12-14-19)25(31)20-6-5-15-28-16-20/h1-3,5-8,11-17,23H,4,9-10H2,(H2,27,30). The molecule has 33 heavy (non-hydrogen) atoms. The van der Waals surface area contributed by atoms with E-state index in [0.717, 1.165) is 5.56 Å². The Hall–Kier alpha value is -4.26. The number of ketones is 1. The lowest BCUT2D eigenvalue weighted by Gasteiger charge is -2.16. The first-order valence-electron chi connectivity index (χ1n) is 10.6. The number of para-hydroxylation sites is 1. The minimum Gasteiger partial charge on any atom is -0.484 e. The predicted molar refractivity (Wildman–Crippen MR) is 122 cm³/mol. The lowest BCUT2D eigenvalue weighted by molar-refractivity contribution is -0.118. The molecule has 0 spiro atoms. The van der Waals surface area contributed by atoms with Crippen molar-refractivity contribution in [3.05, 3.63) is 102 Å². The number of nitrogens with zero attached hydrogens (tertiary/aromatic N) is 2. The van der Waals surface area contributed by atoms with Crippen LogP contribution in [0.15, 0.2) is 89.8 Å². The quantitative estimate of drug-likeness (QED) is 0.356. The first kappa shape index (κ1) is 22.0. The molecule has 0 saturated heterocycles. The first-order chi connectivity index (χ1) is 16.1. The smallest absolute Gasteiger partial charge is 0.226 e. The van der Waals surface area contributed by atoms with Gasteiger partial charge in [-0.15, -0.1) is 0 Å². The highest BCUT2D eigenvalue weighted by molar-refractivity contribution is 6.08. The van der Waals surface area contributed by atoms with E-state index in [2.05, 4.69) is 9.97 Å². The molecule has 1 atom stereocenters. The second-order valence-corrected chi connectivity index (χ2v) is 7.50. The molecule has 0 saturated carbocycles. The fourth-order valence-corrected chi connectivity index (χ4v) is 3.39. The third kappa shape index (κ3) is 5.71. The molecule has 166 valence electrons. The van der Waals surface area contributed by atoms with Crippen LogP contribution >= 0.6 is 0 Å². The van der Waals surface area contributed by atoms with Gasteiger partial charge in [0.15, 0.2) is 5.78 Å². The first-order valence-corrected chi connectivity index (χ1v) is 10.6. The monoisotopic (exact) mass is 441 g/mol. The Balaban J connectivity index is 1.51. The Kier molecular flexibility index (Phi) is 6.90. The Morgan fingerprint density at radius 2 is 1.76 bits per heavy atom. The van der Waals surface area contributed by atoms with Crippen molar-refractivity contribution < 1.29 is 18.7 Å². The van der Waals surface area contributed by atoms with Gasteiger partial charge in [-0.05, 0) is 49.2 Å². The van der Waals surface area contributed by atoms with Gasteiger partial charge in [0.05, 0.1) is 0 Å². The van der Waals surface area contributed by atoms with Crippen LogP contribution in [0.2, 0.25) is 0 Å². The predicted octanol–water partition coefficient (Wildman–Crippen LogP) is 4.74. The number of hydrogen-bond acceptors (Lipinski definition) is 6. The number of ether oxygens (including phenoxy) is 1. The largest absolute Gasteiger partial charge is 0.484 e. The van der Waals surface area contributed by atoms with E-state index in [9.17, 15) is 9.59 Å². The van der Waals surface area contributed by atoms with Crippen LogP contribution in [0.1, 0.15) is 47.0 Å². The zero-order valence-corrected chi connectivity index (χ0v) is 17.9. The van der Waals surface area contributed by atoms with Crippen molar-refractivity contribution in [1.29, 1.82) is 0 Å². The second-order valence-electron chi connectivity index (χ2n) is 7.50. The highest BCUT2D eigenvalue weighted by Crippen LogP contribution is 2.29. The van der Waals surface area contributed by atoms with E-state index in [1.54, 1.807) is 55.1 Å². The van der Waals surface area contributed by atoms with E-state index in [4.69, 9.17) is 14.9 Å². The third-order valence-electron chi connectivity index (χ3n) is 5.08. The highest BCUT2D eigenvalue weighted by atomic mass is 16.5. The average Bonchev–Trinajstić information content (AvgIpc) is 3.34. The Labute approximate surface area is 191 Å². The molecule has 0 aliphatic heterocycles. The summed E-state index contributed by atoms with van der Waals surface area (Å²) in [6.07, 6.45) is 5.73. The topological polar surface area (TPSA) is 108 Å². The number of aromatic nitrogens is 2. The number of pyridine rings is 1. The molecule has 1 amide bonds. The molecule has 0 fully saturated rings. The Morgan fingerprint density at radius 1 is 0.970 bits per heavy atom. The lowest BCUT2D eigenvalue weighted by atomic mass is 10.0. The maximum atomic E-state index is 12.6. The summed E-state index contributed by atoms with van der Waals surface area (Å²) < 4.78 is 11.8. The number of benzene rings is 2. The molecule has 1 unspecified atom stereocenters. The molecule has 2 aromatic carbocycles. The summed E-state index contributed by atoms with van der Waals surface area (Å²) >= 11 is 0. The van der Waals surface area contributed by atoms with Crippen molar-refractivity contribution in [1.82, 2.24) is 9.97 Å². The van der Waals surface area contributed by atoms with Crippen LogP contribution < -0.4 is 10.5 Å². The van der Waals surface area contributed by atoms with Crippen molar-refractivity contribution in [3.8, 4) is 17.2 Å². The van der Waals surface area contributed by atoms with E-state index >= 15 is 0 Å². The summed E-state index contributed by atoms with van der Waals surface area (Å²) in [5.41, 5.74) is 7.71. The van der Waals surface area contributed by atoms with Gasteiger partial charge in [0, 0.05) is 35.5 Å². The van der Waals surface area contributed by atoms with Gasteiger partial charge >= 0.3 is 0 Å². The van der Waals surface area contributed by atoms with Gasteiger partial charge in [-0.2, -0.15) is 0 Å². The number of nitrogens with two attached hydrogens (primary N) is 1. The SMILES string of the molecule is NC(=O)CCCC(Oc1ccccc1)c1coc(-c2ccc(C(=O)c3cccnc3)cc2)n1. The molecule has 0 bridgehead atoms. The van der Waals surface area contributed by atoms with Gasteiger partial charge in [-0.25, -0.2) is 4.98 Å². The molecule has 2 heterocycles. The number of rotatable bonds is 10. The summed E-state index contributed by atoms with van der Waals surface area (Å²) in [5.74, 6) is 0.662. The zero-order valence-electron chi connectivity index (χ0n) is 17.9. The van der Waals surface area contributed by atoms with Crippen LogP contribution in [-0.2, 0) is 4.79 Å². The van der Waals surface area contributed by atoms with Gasteiger partial charge in [0.25, 0.3) is 0 Å². The Bertz CT molecular complexity index is 1210. The van der Waals surface area contributed by atoms with Gasteiger partial charge in [-0.1, -0.05) is 30.3 Å². The molecule has 7 nitrogen and oxygen atoms in total. The van der Waals surface area contributed by atoms with Gasteiger partial charge in [0.2, 0.25) is 11.8 Å². The van der Waals surface area contributed by atoms with Crippen LogP contribution in [0.25, 0.3) is 11.5 Å². The molecular formula is C26H23N3O4. The maximum absolute atomic E-state index is 12.6. The number of amides is 1. The summed E-state index contributed by atoms with van der Waals surface area (Å²) in [6, 6.07) is 19.9. The van der Waals surface area contributed by atoms with Gasteiger partial charge in [-0.3, -0.25) is 14.6 Å².